The van der Waals surface area contributed by atoms with Crippen LogP contribution >= 0.6 is 11.6 Å². The zero-order chi connectivity index (χ0) is 21.1. The third-order valence-electron chi connectivity index (χ3n) is 5.54. The van der Waals surface area contributed by atoms with Crippen molar-refractivity contribution in [3.05, 3.63) is 65.1 Å². The lowest BCUT2D eigenvalue weighted by Gasteiger charge is -2.30. The van der Waals surface area contributed by atoms with Crippen molar-refractivity contribution in [3.63, 3.8) is 0 Å². The largest absolute Gasteiger partial charge is 0.494 e. The lowest BCUT2D eigenvalue weighted by Crippen LogP contribution is -2.40. The van der Waals surface area contributed by atoms with E-state index in [1.165, 1.54) is 19.2 Å². The maximum absolute atomic E-state index is 13.9. The standard InChI is InChI=1S/C23H23ClFN3O2/c1-30-22-9-2-14(12-19(22)25)23(29)28-17-6-4-16(5-7-17)27-20-10-11-26-21-13-15(24)3-8-18(20)21/h2-3,8-13,16-17H,4-7H2,1H3,(H,26,27)(H,28,29). The Morgan fingerprint density at radius 3 is 2.60 bits per heavy atom. The van der Waals surface area contributed by atoms with Crippen LogP contribution in [0.5, 0.6) is 5.75 Å². The molecule has 0 saturated heterocycles. The fourth-order valence-electron chi connectivity index (χ4n) is 3.93. The molecule has 156 valence electrons. The molecular formula is C23H23ClFN3O2. The first kappa shape index (κ1) is 20.4. The summed E-state index contributed by atoms with van der Waals surface area (Å²) in [5.41, 5.74) is 2.20. The number of carbonyl (C=O) groups excluding carboxylic acids is 1. The number of rotatable bonds is 5. The van der Waals surface area contributed by atoms with Crippen molar-refractivity contribution in [2.75, 3.05) is 12.4 Å². The van der Waals surface area contributed by atoms with Crippen LogP contribution in [-0.2, 0) is 0 Å². The molecule has 0 radical (unpaired) electrons. The van der Waals surface area contributed by atoms with Gasteiger partial charge in [0.25, 0.3) is 5.91 Å². The number of halogens is 2. The molecule has 1 aromatic heterocycles. The Morgan fingerprint density at radius 2 is 1.87 bits per heavy atom. The van der Waals surface area contributed by atoms with Gasteiger partial charge in [-0.25, -0.2) is 4.39 Å². The van der Waals surface area contributed by atoms with Gasteiger partial charge in [0, 0.05) is 39.9 Å². The molecule has 1 amide bonds. The van der Waals surface area contributed by atoms with E-state index >= 15 is 0 Å². The zero-order valence-electron chi connectivity index (χ0n) is 16.6. The molecule has 2 aromatic carbocycles. The SMILES string of the molecule is COc1ccc(C(=O)NC2CCC(Nc3ccnc4cc(Cl)ccc34)CC2)cc1F. The number of nitrogens with zero attached hydrogens (tertiary/aromatic N) is 1. The number of methoxy groups -OCH3 is 1. The molecule has 30 heavy (non-hydrogen) atoms. The molecule has 1 aliphatic carbocycles. The number of carbonyl (C=O) groups is 1. The summed E-state index contributed by atoms with van der Waals surface area (Å²) >= 11 is 6.07. The minimum absolute atomic E-state index is 0.0775. The third kappa shape index (κ3) is 4.49. The molecule has 2 N–H and O–H groups in total. The molecule has 1 saturated carbocycles. The van der Waals surface area contributed by atoms with Crippen LogP contribution < -0.4 is 15.4 Å². The first-order chi connectivity index (χ1) is 14.5. The van der Waals surface area contributed by atoms with Gasteiger partial charge in [-0.1, -0.05) is 11.6 Å². The maximum atomic E-state index is 13.9. The Kier molecular flexibility index (Phi) is 6.04. The summed E-state index contributed by atoms with van der Waals surface area (Å²) in [5, 5.41) is 8.34. The van der Waals surface area contributed by atoms with Gasteiger partial charge in [0.1, 0.15) is 0 Å². The average molecular weight is 428 g/mol. The molecule has 1 fully saturated rings. The van der Waals surface area contributed by atoms with Crippen LogP contribution in [0, 0.1) is 5.82 Å². The summed E-state index contributed by atoms with van der Waals surface area (Å²) in [7, 11) is 1.40. The van der Waals surface area contributed by atoms with Gasteiger partial charge in [0.15, 0.2) is 11.6 Å². The van der Waals surface area contributed by atoms with E-state index in [1.807, 2.05) is 24.3 Å². The van der Waals surface area contributed by atoms with E-state index in [0.29, 0.717) is 16.6 Å². The first-order valence-electron chi connectivity index (χ1n) is 9.98. The molecule has 0 unspecified atom stereocenters. The lowest BCUT2D eigenvalue weighted by atomic mass is 9.90. The van der Waals surface area contributed by atoms with E-state index in [2.05, 4.69) is 15.6 Å². The van der Waals surface area contributed by atoms with Gasteiger partial charge in [-0.3, -0.25) is 9.78 Å². The molecule has 4 rings (SSSR count). The summed E-state index contributed by atoms with van der Waals surface area (Å²) in [5.74, 6) is -0.669. The molecule has 3 aromatic rings. The molecule has 0 atom stereocenters. The molecule has 0 aliphatic heterocycles. The van der Waals surface area contributed by atoms with E-state index in [-0.39, 0.29) is 17.7 Å². The first-order valence-corrected chi connectivity index (χ1v) is 10.4. The predicted octanol–water partition coefficient (Wildman–Crippen LogP) is 5.19. The van der Waals surface area contributed by atoms with Crippen molar-refractivity contribution in [1.82, 2.24) is 10.3 Å². The second kappa shape index (κ2) is 8.88. The highest BCUT2D eigenvalue weighted by Gasteiger charge is 2.23. The highest BCUT2D eigenvalue weighted by Crippen LogP contribution is 2.28. The van der Waals surface area contributed by atoms with E-state index < -0.39 is 5.82 Å². The van der Waals surface area contributed by atoms with Crippen molar-refractivity contribution in [3.8, 4) is 5.75 Å². The molecule has 5 nitrogen and oxygen atoms in total. The minimum atomic E-state index is -0.538. The van der Waals surface area contributed by atoms with Crippen molar-refractivity contribution >= 4 is 34.1 Å². The van der Waals surface area contributed by atoms with Crippen molar-refractivity contribution in [1.29, 1.82) is 0 Å². The normalized spacial score (nSPS) is 18.8. The highest BCUT2D eigenvalue weighted by atomic mass is 35.5. The number of ether oxygens (including phenoxy) is 1. The second-order valence-electron chi connectivity index (χ2n) is 7.54. The molecule has 1 aliphatic rings. The van der Waals surface area contributed by atoms with E-state index in [9.17, 15) is 9.18 Å². The van der Waals surface area contributed by atoms with Gasteiger partial charge in [-0.05, 0) is 68.1 Å². The predicted molar refractivity (Wildman–Crippen MR) is 117 cm³/mol. The van der Waals surface area contributed by atoms with Gasteiger partial charge >= 0.3 is 0 Å². The Morgan fingerprint density at radius 1 is 1.10 bits per heavy atom. The van der Waals surface area contributed by atoms with E-state index in [0.717, 1.165) is 42.3 Å². The molecular weight excluding hydrogens is 405 g/mol. The quantitative estimate of drug-likeness (QED) is 0.588. The van der Waals surface area contributed by atoms with Crippen LogP contribution in [0.2, 0.25) is 5.02 Å². The van der Waals surface area contributed by atoms with Crippen LogP contribution in [0.3, 0.4) is 0 Å². The number of anilines is 1. The topological polar surface area (TPSA) is 63.2 Å². The number of nitrogens with one attached hydrogen (secondary N) is 2. The lowest BCUT2D eigenvalue weighted by molar-refractivity contribution is 0.0926. The molecule has 7 heteroatoms. The average Bonchev–Trinajstić information content (AvgIpc) is 2.75. The second-order valence-corrected chi connectivity index (χ2v) is 7.97. The molecule has 1 heterocycles. The van der Waals surface area contributed by atoms with Crippen molar-refractivity contribution < 1.29 is 13.9 Å². The smallest absolute Gasteiger partial charge is 0.251 e. The fourth-order valence-corrected chi connectivity index (χ4v) is 4.09. The summed E-state index contributed by atoms with van der Waals surface area (Å²) in [6.45, 7) is 0. The number of aromatic nitrogens is 1. The van der Waals surface area contributed by atoms with Gasteiger partial charge < -0.3 is 15.4 Å². The van der Waals surface area contributed by atoms with Gasteiger partial charge in [0.2, 0.25) is 0 Å². The molecule has 0 spiro atoms. The van der Waals surface area contributed by atoms with Crippen LogP contribution in [0.15, 0.2) is 48.7 Å². The van der Waals surface area contributed by atoms with Crippen LogP contribution in [-0.4, -0.2) is 30.1 Å². The van der Waals surface area contributed by atoms with Gasteiger partial charge in [-0.2, -0.15) is 0 Å². The Labute approximate surface area is 179 Å². The monoisotopic (exact) mass is 427 g/mol. The van der Waals surface area contributed by atoms with Gasteiger partial charge in [-0.15, -0.1) is 0 Å². The van der Waals surface area contributed by atoms with Crippen LogP contribution in [0.1, 0.15) is 36.0 Å². The number of pyridine rings is 1. The fraction of sp³-hybridized carbons (Fsp3) is 0.304. The Hall–Kier alpha value is -2.86. The van der Waals surface area contributed by atoms with Crippen molar-refractivity contribution in [2.45, 2.75) is 37.8 Å². The number of hydrogen-bond donors (Lipinski definition) is 2. The Balaban J connectivity index is 1.34. The number of fused-ring (bicyclic) bond motifs is 1. The Bertz CT molecular complexity index is 1070. The highest BCUT2D eigenvalue weighted by molar-refractivity contribution is 6.31. The number of hydrogen-bond acceptors (Lipinski definition) is 4. The zero-order valence-corrected chi connectivity index (χ0v) is 17.4. The molecule has 0 bridgehead atoms. The van der Waals surface area contributed by atoms with Crippen LogP contribution in [0.4, 0.5) is 10.1 Å². The van der Waals surface area contributed by atoms with Crippen molar-refractivity contribution in [2.24, 2.45) is 0 Å². The maximum Gasteiger partial charge on any atom is 0.251 e. The number of benzene rings is 2. The van der Waals surface area contributed by atoms with E-state index in [1.54, 1.807) is 12.3 Å². The van der Waals surface area contributed by atoms with Crippen LogP contribution in [0.25, 0.3) is 10.9 Å². The summed E-state index contributed by atoms with van der Waals surface area (Å²) in [4.78, 5) is 16.8. The summed E-state index contributed by atoms with van der Waals surface area (Å²) < 4.78 is 18.8. The third-order valence-corrected chi connectivity index (χ3v) is 5.78. The van der Waals surface area contributed by atoms with Gasteiger partial charge in [0.05, 0.1) is 12.6 Å². The summed E-state index contributed by atoms with van der Waals surface area (Å²) in [6.07, 6.45) is 5.35. The minimum Gasteiger partial charge on any atom is -0.494 e. The number of amides is 1. The van der Waals surface area contributed by atoms with E-state index in [4.69, 9.17) is 16.3 Å². The summed E-state index contributed by atoms with van der Waals surface area (Å²) in [6, 6.07) is 12.3.